The Hall–Kier alpha value is -2.16. The molecule has 1 heterocycles. The third kappa shape index (κ3) is 5.80. The summed E-state index contributed by atoms with van der Waals surface area (Å²) in [7, 11) is 0. The van der Waals surface area contributed by atoms with Crippen LogP contribution in [0, 0.1) is 5.92 Å². The van der Waals surface area contributed by atoms with Gasteiger partial charge in [-0.05, 0) is 0 Å². The Morgan fingerprint density at radius 3 is 1.75 bits per heavy atom. The van der Waals surface area contributed by atoms with Gasteiger partial charge in [-0.1, -0.05) is 6.92 Å². The van der Waals surface area contributed by atoms with Crippen LogP contribution in [-0.2, 0) is 42.9 Å². The van der Waals surface area contributed by atoms with Crippen LogP contribution in [0.5, 0.6) is 0 Å². The van der Waals surface area contributed by atoms with E-state index in [1.165, 1.54) is 20.8 Å². The van der Waals surface area contributed by atoms with E-state index in [1.54, 1.807) is 6.92 Å². The van der Waals surface area contributed by atoms with Crippen LogP contribution >= 0.6 is 0 Å². The molecule has 136 valence electrons. The molecule has 0 aromatic rings. The molecule has 0 bridgehead atoms. The number of hydrogen-bond acceptors (Lipinski definition) is 9. The maximum atomic E-state index is 11.4. The smallest absolute Gasteiger partial charge is 0.305 e. The lowest BCUT2D eigenvalue weighted by Gasteiger charge is -2.43. The standard InChI is InChI=1S/C15H22O9/c1-7-12(6-20-8(2)16)24-15(23-11(5)19)14(22-10(4)18)13(7)21-9(3)17/h7,12-15H,6H2,1-5H3/t7-,12-,13+,14+,15?/m0/s1. The third-order valence-electron chi connectivity index (χ3n) is 3.34. The second-order valence-corrected chi connectivity index (χ2v) is 5.46. The number of rotatable bonds is 5. The summed E-state index contributed by atoms with van der Waals surface area (Å²) in [5.41, 5.74) is 0. The lowest BCUT2D eigenvalue weighted by atomic mass is 9.90. The minimum atomic E-state index is -1.28. The molecule has 0 spiro atoms. The van der Waals surface area contributed by atoms with Gasteiger partial charge in [0.2, 0.25) is 12.4 Å². The molecule has 0 N–H and O–H groups in total. The van der Waals surface area contributed by atoms with E-state index in [1.807, 2.05) is 0 Å². The first-order valence-electron chi connectivity index (χ1n) is 7.42. The minimum Gasteiger partial charge on any atom is -0.463 e. The lowest BCUT2D eigenvalue weighted by molar-refractivity contribution is -0.286. The molecule has 1 fully saturated rings. The molecule has 1 aliphatic heterocycles. The van der Waals surface area contributed by atoms with Crippen LogP contribution in [0.1, 0.15) is 34.6 Å². The van der Waals surface area contributed by atoms with Crippen molar-refractivity contribution in [2.45, 2.75) is 59.2 Å². The summed E-state index contributed by atoms with van der Waals surface area (Å²) < 4.78 is 25.9. The Labute approximate surface area is 139 Å². The molecule has 24 heavy (non-hydrogen) atoms. The van der Waals surface area contributed by atoms with Crippen molar-refractivity contribution in [3.63, 3.8) is 0 Å². The zero-order valence-electron chi connectivity index (χ0n) is 14.3. The molecule has 0 amide bonds. The van der Waals surface area contributed by atoms with Gasteiger partial charge in [-0.15, -0.1) is 0 Å². The highest BCUT2D eigenvalue weighted by molar-refractivity contribution is 5.68. The molecule has 1 unspecified atom stereocenters. The zero-order valence-corrected chi connectivity index (χ0v) is 14.3. The maximum Gasteiger partial charge on any atom is 0.305 e. The van der Waals surface area contributed by atoms with Crippen molar-refractivity contribution in [2.24, 2.45) is 5.92 Å². The number of carbonyl (C=O) groups is 4. The Kier molecular flexibility index (Phi) is 7.15. The van der Waals surface area contributed by atoms with Gasteiger partial charge in [-0.25, -0.2) is 0 Å². The summed E-state index contributed by atoms with van der Waals surface area (Å²) in [4.78, 5) is 45.0. The third-order valence-corrected chi connectivity index (χ3v) is 3.34. The summed E-state index contributed by atoms with van der Waals surface area (Å²) in [6.07, 6.45) is -4.05. The van der Waals surface area contributed by atoms with E-state index >= 15 is 0 Å². The Balaban J connectivity index is 3.07. The van der Waals surface area contributed by atoms with E-state index < -0.39 is 54.4 Å². The maximum absolute atomic E-state index is 11.4. The number of hydrogen-bond donors (Lipinski definition) is 0. The topological polar surface area (TPSA) is 114 Å². The molecule has 0 aromatic heterocycles. The van der Waals surface area contributed by atoms with E-state index in [0.717, 1.165) is 6.92 Å². The van der Waals surface area contributed by atoms with Crippen LogP contribution in [0.2, 0.25) is 0 Å². The van der Waals surface area contributed by atoms with E-state index in [9.17, 15) is 19.2 Å². The second-order valence-electron chi connectivity index (χ2n) is 5.46. The summed E-state index contributed by atoms with van der Waals surface area (Å²) in [6.45, 7) is 6.33. The Morgan fingerprint density at radius 1 is 0.792 bits per heavy atom. The van der Waals surface area contributed by atoms with Crippen LogP contribution in [0.4, 0.5) is 0 Å². The quantitative estimate of drug-likeness (QED) is 0.513. The van der Waals surface area contributed by atoms with Gasteiger partial charge in [-0.2, -0.15) is 0 Å². The Bertz CT molecular complexity index is 501. The van der Waals surface area contributed by atoms with Gasteiger partial charge in [-0.3, -0.25) is 19.2 Å². The fraction of sp³-hybridized carbons (Fsp3) is 0.733. The van der Waals surface area contributed by atoms with Crippen molar-refractivity contribution in [3.8, 4) is 0 Å². The van der Waals surface area contributed by atoms with Gasteiger partial charge in [0, 0.05) is 33.6 Å². The predicted octanol–water partition coefficient (Wildman–Crippen LogP) is 0.337. The highest BCUT2D eigenvalue weighted by Gasteiger charge is 2.49. The van der Waals surface area contributed by atoms with Gasteiger partial charge in [0.05, 0.1) is 0 Å². The fourth-order valence-electron chi connectivity index (χ4n) is 2.37. The average Bonchev–Trinajstić information content (AvgIpc) is 2.42. The van der Waals surface area contributed by atoms with Gasteiger partial charge < -0.3 is 23.7 Å². The normalized spacial score (nSPS) is 29.3. The van der Waals surface area contributed by atoms with Crippen molar-refractivity contribution in [3.05, 3.63) is 0 Å². The van der Waals surface area contributed by atoms with Crippen molar-refractivity contribution in [2.75, 3.05) is 6.61 Å². The first-order valence-corrected chi connectivity index (χ1v) is 7.42. The minimum absolute atomic E-state index is 0.126. The molecule has 0 aliphatic carbocycles. The summed E-state index contributed by atoms with van der Waals surface area (Å²) in [6, 6.07) is 0. The van der Waals surface area contributed by atoms with Gasteiger partial charge in [0.15, 0.2) is 0 Å². The predicted molar refractivity (Wildman–Crippen MR) is 77.3 cm³/mol. The molecule has 9 heteroatoms. The highest BCUT2D eigenvalue weighted by Crippen LogP contribution is 2.31. The van der Waals surface area contributed by atoms with Gasteiger partial charge >= 0.3 is 23.9 Å². The van der Waals surface area contributed by atoms with E-state index in [-0.39, 0.29) is 6.61 Å². The monoisotopic (exact) mass is 346 g/mol. The molecule has 1 rings (SSSR count). The van der Waals surface area contributed by atoms with Crippen LogP contribution < -0.4 is 0 Å². The lowest BCUT2D eigenvalue weighted by Crippen LogP contribution is -2.58. The van der Waals surface area contributed by atoms with Crippen LogP contribution in [0.3, 0.4) is 0 Å². The Morgan fingerprint density at radius 2 is 1.29 bits per heavy atom. The van der Waals surface area contributed by atoms with Crippen LogP contribution in [0.15, 0.2) is 0 Å². The van der Waals surface area contributed by atoms with Crippen molar-refractivity contribution in [1.82, 2.24) is 0 Å². The van der Waals surface area contributed by atoms with Crippen LogP contribution in [-0.4, -0.2) is 55.1 Å². The van der Waals surface area contributed by atoms with E-state index in [4.69, 9.17) is 23.7 Å². The first-order chi connectivity index (χ1) is 11.1. The molecular formula is C15H22O9. The number of carbonyl (C=O) groups excluding carboxylic acids is 4. The summed E-state index contributed by atoms with van der Waals surface area (Å²) >= 11 is 0. The fourth-order valence-corrected chi connectivity index (χ4v) is 2.37. The number of ether oxygens (including phenoxy) is 5. The largest absolute Gasteiger partial charge is 0.463 e. The van der Waals surface area contributed by atoms with Crippen molar-refractivity contribution >= 4 is 23.9 Å². The molecule has 0 aromatic carbocycles. The van der Waals surface area contributed by atoms with Gasteiger partial charge in [0.25, 0.3) is 0 Å². The highest BCUT2D eigenvalue weighted by atomic mass is 16.7. The molecule has 0 saturated carbocycles. The van der Waals surface area contributed by atoms with Crippen LogP contribution in [0.25, 0.3) is 0 Å². The molecule has 5 atom stereocenters. The summed E-state index contributed by atoms with van der Waals surface area (Å²) in [5.74, 6) is -2.91. The molecule has 0 radical (unpaired) electrons. The van der Waals surface area contributed by atoms with Gasteiger partial charge in [0.1, 0.15) is 18.8 Å². The molecule has 1 aliphatic rings. The first kappa shape index (κ1) is 19.9. The SMILES string of the molecule is CC(=O)OC[C@@H]1OC(OC(C)=O)[C@H](OC(C)=O)[C@H](OC(C)=O)[C@H]1C. The number of esters is 4. The van der Waals surface area contributed by atoms with Crippen molar-refractivity contribution < 1.29 is 42.9 Å². The second kappa shape index (κ2) is 8.62. The molecule has 9 nitrogen and oxygen atoms in total. The van der Waals surface area contributed by atoms with E-state index in [0.29, 0.717) is 0 Å². The zero-order chi connectivity index (χ0) is 18.4. The van der Waals surface area contributed by atoms with E-state index in [2.05, 4.69) is 0 Å². The summed E-state index contributed by atoms with van der Waals surface area (Å²) in [5, 5.41) is 0. The average molecular weight is 346 g/mol. The molecular weight excluding hydrogens is 324 g/mol. The van der Waals surface area contributed by atoms with Crippen molar-refractivity contribution in [1.29, 1.82) is 0 Å². The molecule has 1 saturated heterocycles.